The van der Waals surface area contributed by atoms with Gasteiger partial charge in [-0.2, -0.15) is 0 Å². The van der Waals surface area contributed by atoms with Crippen LogP contribution in [-0.4, -0.2) is 46.8 Å². The van der Waals surface area contributed by atoms with E-state index in [0.717, 1.165) is 48.2 Å². The van der Waals surface area contributed by atoms with Gasteiger partial charge in [0.1, 0.15) is 18.5 Å². The molecule has 182 valence electrons. The van der Waals surface area contributed by atoms with E-state index in [0.29, 0.717) is 25.1 Å². The third-order valence-corrected chi connectivity index (χ3v) is 8.25. The summed E-state index contributed by atoms with van der Waals surface area (Å²) in [4.78, 5) is 8.66. The van der Waals surface area contributed by atoms with Crippen LogP contribution in [0.5, 0.6) is 5.75 Å². The molecule has 0 aliphatic carbocycles. The number of H-pyrrole nitrogens is 1. The van der Waals surface area contributed by atoms with Crippen LogP contribution >= 0.6 is 11.3 Å². The van der Waals surface area contributed by atoms with Crippen molar-refractivity contribution in [3.63, 3.8) is 0 Å². The molecular formula is C29H38N2O2S. The van der Waals surface area contributed by atoms with Crippen molar-refractivity contribution in [1.29, 1.82) is 0 Å². The first kappa shape index (κ1) is 24.8. The van der Waals surface area contributed by atoms with Gasteiger partial charge >= 0.3 is 0 Å². The van der Waals surface area contributed by atoms with E-state index in [-0.39, 0.29) is 0 Å². The van der Waals surface area contributed by atoms with Crippen LogP contribution in [0.3, 0.4) is 0 Å². The first-order chi connectivity index (χ1) is 16.4. The summed E-state index contributed by atoms with van der Waals surface area (Å²) in [5.74, 6) is 1.42. The zero-order chi connectivity index (χ0) is 24.2. The van der Waals surface area contributed by atoms with Crippen LogP contribution in [0.4, 0.5) is 0 Å². The van der Waals surface area contributed by atoms with Gasteiger partial charge in [0.25, 0.3) is 0 Å². The van der Waals surface area contributed by atoms with E-state index in [1.807, 2.05) is 42.5 Å². The zero-order valence-electron chi connectivity index (χ0n) is 20.9. The van der Waals surface area contributed by atoms with Crippen LogP contribution in [0, 0.1) is 13.8 Å². The number of aliphatic hydroxyl groups is 1. The lowest BCUT2D eigenvalue weighted by Crippen LogP contribution is -2.45. The van der Waals surface area contributed by atoms with E-state index in [9.17, 15) is 5.11 Å². The molecular weight excluding hydrogens is 440 g/mol. The van der Waals surface area contributed by atoms with Crippen molar-refractivity contribution >= 4 is 27.8 Å². The second-order valence-electron chi connectivity index (χ2n) is 9.60. The van der Waals surface area contributed by atoms with Gasteiger partial charge in [-0.05, 0) is 87.9 Å². The molecule has 3 atom stereocenters. The van der Waals surface area contributed by atoms with E-state index in [4.69, 9.17) is 4.74 Å². The molecule has 4 nitrogen and oxygen atoms in total. The number of β-amino-alcohol motifs (C(OH)–C–C–N with tert-alkyl or cyclic N) is 1. The number of rotatable bonds is 9. The number of hydrogen-bond acceptors (Lipinski definition) is 4. The highest BCUT2D eigenvalue weighted by molar-refractivity contribution is 7.12. The molecule has 5 heteroatoms. The fraction of sp³-hybridized carbons (Fsp3) is 0.448. The summed E-state index contributed by atoms with van der Waals surface area (Å²) < 4.78 is 6.02. The van der Waals surface area contributed by atoms with Crippen molar-refractivity contribution in [3.05, 3.63) is 70.1 Å². The average molecular weight is 479 g/mol. The third-order valence-electron chi connectivity index (χ3n) is 7.03. The Morgan fingerprint density at radius 3 is 2.91 bits per heavy atom. The summed E-state index contributed by atoms with van der Waals surface area (Å²) in [6, 6.07) is 11.0. The highest BCUT2D eigenvalue weighted by Crippen LogP contribution is 2.39. The number of thiophene rings is 1. The number of allylic oxidation sites excluding steroid dienone is 3. The minimum absolute atomic E-state index is 0.304. The largest absolute Gasteiger partial charge is 0.490 e. The summed E-state index contributed by atoms with van der Waals surface area (Å²) in [6.07, 6.45) is 6.81. The fourth-order valence-corrected chi connectivity index (χ4v) is 6.43. The smallest absolute Gasteiger partial charge is 0.128 e. The Bertz CT molecular complexity index is 1160. The quantitative estimate of drug-likeness (QED) is 0.331. The number of aromatic nitrogens is 1. The van der Waals surface area contributed by atoms with Gasteiger partial charge in [0.15, 0.2) is 0 Å². The van der Waals surface area contributed by atoms with Gasteiger partial charge in [0.2, 0.25) is 0 Å². The first-order valence-electron chi connectivity index (χ1n) is 12.4. The predicted molar refractivity (Wildman–Crippen MR) is 145 cm³/mol. The number of aryl methyl sites for hydroxylation is 2. The van der Waals surface area contributed by atoms with E-state index >= 15 is 0 Å². The van der Waals surface area contributed by atoms with Crippen molar-refractivity contribution in [2.24, 2.45) is 0 Å². The molecule has 3 aromatic rings. The van der Waals surface area contributed by atoms with Gasteiger partial charge in [-0.1, -0.05) is 31.7 Å². The number of nitrogens with zero attached hydrogens (tertiary/aromatic N) is 1. The van der Waals surface area contributed by atoms with E-state index < -0.39 is 6.10 Å². The first-order valence-corrected chi connectivity index (χ1v) is 13.3. The summed E-state index contributed by atoms with van der Waals surface area (Å²) in [5, 5.41) is 11.8. The Balaban J connectivity index is 1.33. The molecule has 1 aromatic carbocycles. The number of nitrogens with one attached hydrogen (secondary N) is 1. The number of aliphatic hydroxyl groups excluding tert-OH is 1. The van der Waals surface area contributed by atoms with Gasteiger partial charge in [-0.15, -0.1) is 11.3 Å². The van der Waals surface area contributed by atoms with Gasteiger partial charge in [0.05, 0.1) is 0 Å². The lowest BCUT2D eigenvalue weighted by Gasteiger charge is -2.38. The number of piperidine rings is 1. The number of aromatic amines is 1. The average Bonchev–Trinajstić information content (AvgIpc) is 3.39. The topological polar surface area (TPSA) is 48.5 Å². The minimum atomic E-state index is -0.513. The van der Waals surface area contributed by atoms with E-state index in [2.05, 4.69) is 55.4 Å². The number of likely N-dealkylation sites (tertiary alicyclic amines) is 1. The Morgan fingerprint density at radius 1 is 1.35 bits per heavy atom. The van der Waals surface area contributed by atoms with Crippen molar-refractivity contribution in [3.8, 4) is 5.75 Å². The number of ether oxygens (including phenoxy) is 1. The third kappa shape index (κ3) is 5.48. The summed E-state index contributed by atoms with van der Waals surface area (Å²) in [7, 11) is 0. The second kappa shape index (κ2) is 10.9. The molecule has 0 radical (unpaired) electrons. The van der Waals surface area contributed by atoms with Gasteiger partial charge in [0, 0.05) is 38.9 Å². The molecule has 1 aliphatic rings. The maximum absolute atomic E-state index is 10.7. The van der Waals surface area contributed by atoms with Crippen LogP contribution in [0.2, 0.25) is 0 Å². The molecule has 0 amide bonds. The monoisotopic (exact) mass is 478 g/mol. The molecule has 2 aromatic heterocycles. The normalized spacial score (nSPS) is 20.6. The van der Waals surface area contributed by atoms with E-state index in [1.54, 1.807) is 0 Å². The molecule has 1 saturated heterocycles. The minimum Gasteiger partial charge on any atom is -0.490 e. The molecule has 3 heterocycles. The van der Waals surface area contributed by atoms with Crippen molar-refractivity contribution in [2.45, 2.75) is 65.0 Å². The summed E-state index contributed by atoms with van der Waals surface area (Å²) in [5.41, 5.74) is 4.93. The molecule has 4 rings (SSSR count). The SMILES string of the molecule is C=C/C=C(/CC)c1cc(C2CCN(CC(O)COc3cccc4[nH]c(C)cc34)[C@@H](C)C2)sc1C. The standard InChI is InChI=1S/C29H38N2O2S/c1-6-9-22(7-2)25-16-29(34-21(25)5)23-12-13-31(20(4)15-23)17-24(32)18-33-28-11-8-10-27-26(28)14-19(3)30-27/h6,8-11,14,16,20,23-24,30,32H,1,7,12-13,15,17-18H2,2-5H3/b22-9-/t20-,23?,24?/m0/s1. The molecule has 0 bridgehead atoms. The highest BCUT2D eigenvalue weighted by Gasteiger charge is 2.29. The Morgan fingerprint density at radius 2 is 2.18 bits per heavy atom. The number of fused-ring (bicyclic) bond motifs is 1. The predicted octanol–water partition coefficient (Wildman–Crippen LogP) is 6.83. The van der Waals surface area contributed by atoms with E-state index in [1.165, 1.54) is 20.9 Å². The highest BCUT2D eigenvalue weighted by atomic mass is 32.1. The maximum atomic E-state index is 10.7. The lowest BCUT2D eigenvalue weighted by atomic mass is 9.89. The molecule has 0 spiro atoms. The number of benzene rings is 1. The Kier molecular flexibility index (Phi) is 7.97. The zero-order valence-corrected chi connectivity index (χ0v) is 21.8. The van der Waals surface area contributed by atoms with Crippen LogP contribution in [-0.2, 0) is 0 Å². The lowest BCUT2D eigenvalue weighted by molar-refractivity contribution is 0.0408. The van der Waals surface area contributed by atoms with Gasteiger partial charge < -0.3 is 14.8 Å². The van der Waals surface area contributed by atoms with Crippen LogP contribution in [0.25, 0.3) is 16.5 Å². The fourth-order valence-electron chi connectivity index (χ4n) is 5.22. The van der Waals surface area contributed by atoms with Gasteiger partial charge in [-0.3, -0.25) is 4.90 Å². The molecule has 1 fully saturated rings. The van der Waals surface area contributed by atoms with Crippen molar-refractivity contribution in [2.75, 3.05) is 19.7 Å². The van der Waals surface area contributed by atoms with Crippen LogP contribution in [0.15, 0.2) is 49.1 Å². The molecule has 2 unspecified atom stereocenters. The summed E-state index contributed by atoms with van der Waals surface area (Å²) >= 11 is 1.95. The van der Waals surface area contributed by atoms with Crippen molar-refractivity contribution < 1.29 is 9.84 Å². The molecule has 1 aliphatic heterocycles. The molecule has 0 saturated carbocycles. The number of hydrogen-bond donors (Lipinski definition) is 2. The molecule has 2 N–H and O–H groups in total. The van der Waals surface area contributed by atoms with Crippen molar-refractivity contribution in [1.82, 2.24) is 9.88 Å². The van der Waals surface area contributed by atoms with Gasteiger partial charge in [-0.25, -0.2) is 0 Å². The maximum Gasteiger partial charge on any atom is 0.128 e. The second-order valence-corrected chi connectivity index (χ2v) is 10.9. The van der Waals surface area contributed by atoms with Crippen LogP contribution in [0.1, 0.15) is 60.0 Å². The Hall–Kier alpha value is -2.34. The molecule has 34 heavy (non-hydrogen) atoms. The summed E-state index contributed by atoms with van der Waals surface area (Å²) in [6.45, 7) is 14.6. The van der Waals surface area contributed by atoms with Crippen LogP contribution < -0.4 is 4.74 Å². The Labute approximate surface area is 208 Å².